The van der Waals surface area contributed by atoms with Crippen molar-refractivity contribution in [3.05, 3.63) is 220 Å². The number of nitrogens with zero attached hydrogens (tertiary/aromatic N) is 11. The summed E-state index contributed by atoms with van der Waals surface area (Å²) >= 11 is 19.1. The number of methoxy groups -OCH3 is 5. The van der Waals surface area contributed by atoms with E-state index in [-0.39, 0.29) is 33.5 Å². The molecule has 4 aliphatic rings. The molecule has 0 bridgehead atoms. The summed E-state index contributed by atoms with van der Waals surface area (Å²) in [7, 11) is -4.30. The zero-order chi connectivity index (χ0) is 104. The smallest absolute Gasteiger partial charge is 0.253 e. The van der Waals surface area contributed by atoms with E-state index in [4.69, 9.17) is 63.2 Å². The van der Waals surface area contributed by atoms with Crippen molar-refractivity contribution >= 4 is 211 Å². The number of rotatable bonds is 35. The molecule has 1 amide bonds. The van der Waals surface area contributed by atoms with Gasteiger partial charge in [0.05, 0.1) is 128 Å². The number of allylic oxidation sites excluding steroid dienone is 1. The second kappa shape index (κ2) is 49.2. The van der Waals surface area contributed by atoms with Gasteiger partial charge >= 0.3 is 0 Å². The van der Waals surface area contributed by atoms with Gasteiger partial charge in [-0.15, -0.1) is 0 Å². The maximum absolute atomic E-state index is 14.0. The van der Waals surface area contributed by atoms with E-state index in [9.17, 15) is 36.0 Å². The molecule has 0 saturated carbocycles. The quantitative estimate of drug-likeness (QED) is 0.0132. The van der Waals surface area contributed by atoms with Crippen LogP contribution in [0, 0.1) is 0 Å². The van der Waals surface area contributed by atoms with Gasteiger partial charge in [0.25, 0.3) is 5.91 Å². The van der Waals surface area contributed by atoms with Crippen LogP contribution in [0.2, 0.25) is 15.1 Å². The number of fused-ring (bicyclic) bond motifs is 1. The first kappa shape index (κ1) is 111. The Balaban J connectivity index is 0.000000163. The van der Waals surface area contributed by atoms with Crippen molar-refractivity contribution in [3.8, 4) is 34.5 Å². The molecule has 0 unspecified atom stereocenters. The molecule has 3 fully saturated rings. The van der Waals surface area contributed by atoms with E-state index in [1.165, 1.54) is 71.6 Å². The third kappa shape index (κ3) is 29.2. The second-order valence-electron chi connectivity index (χ2n) is 36.7. The van der Waals surface area contributed by atoms with Crippen molar-refractivity contribution in [2.24, 2.45) is 0 Å². The number of carbonyl (C=O) groups excluding carboxylic acids is 1. The van der Waals surface area contributed by atoms with Crippen LogP contribution in [0.15, 0.2) is 193 Å². The van der Waals surface area contributed by atoms with Gasteiger partial charge in [0, 0.05) is 89.6 Å². The summed E-state index contributed by atoms with van der Waals surface area (Å²) in [5, 5.41) is 32.1. The molecule has 7 heterocycles. The van der Waals surface area contributed by atoms with Crippen LogP contribution in [0.25, 0.3) is 6.08 Å². The Morgan fingerprint density at radius 2 is 0.897 bits per heavy atom. The maximum atomic E-state index is 14.0. The van der Waals surface area contributed by atoms with E-state index in [2.05, 4.69) is 109 Å². The van der Waals surface area contributed by atoms with Gasteiger partial charge in [0.15, 0.2) is 27.3 Å². The van der Waals surface area contributed by atoms with Crippen molar-refractivity contribution in [1.82, 2.24) is 59.9 Å². The van der Waals surface area contributed by atoms with Crippen molar-refractivity contribution in [2.45, 2.75) is 68.6 Å². The number of hydrogen-bond acceptors (Lipinski definition) is 33. The number of benzene rings is 8. The normalized spacial score (nSPS) is 14.4. The number of likely N-dealkylation sites (tertiary alicyclic amines) is 2. The van der Waals surface area contributed by atoms with Crippen LogP contribution in [0.4, 0.5) is 92.6 Å². The number of sulfone groups is 1. The molecule has 3 aliphatic heterocycles. The van der Waals surface area contributed by atoms with E-state index in [1.807, 2.05) is 103 Å². The predicted octanol–water partition coefficient (Wildman–Crippen LogP) is 20.2. The standard InChI is InChI=1S/C30H40ClN6O4PS.C26H33ClN5O3P.C24H26N5O3P.C22H27ClN4O4P2/c1-21(2)43(39,40)28-8-6-5-7-26(28)33-29-24(31)20-32-30(35-29)34-25-10-9-23(19-27(25)41-4)42(38)17-15-37(16-18-42)22-11-13-36(3)14-12-22;1-34-23-17-19(35-16-8-15-32-13-6-7-14-32)11-12-21(23)30-26-28-18-20(27)25(31-26)29-22-9-4-5-10-24(22)36(2,3)33;1-25-23(30)17-8-5-6-10-19(17)26-22-16-9-7-11-18(16)27-24(29-22)28-20-13-12-15(33(3,4)31)14-21(20)32-2;1-30-19-11-14(32(3,4)28)7-9-17(19)25-21-16(23)13-24-22(27-21)26-18-10-8-15(33(5,6)29)12-20(18)31-2/h5-10,19-22H,11-18H2,1-4H3,(H2,32,33,34,35);4-5,9-12,17-18H,6-8,13-16H2,1-3H3,(H2,28,29,30,31);5-10,12-14H,11H2,1-4H3,(H,25,30)(H2,26,27,28,29);7-13H,1-6H3,(H2,24,25,26,27). The fraction of sp³-hybridized carbons (Fsp3) is 0.343. The molecule has 0 atom stereocenters. The molecule has 16 rings (SSSR count). The molecule has 0 radical (unpaired) electrons. The first-order valence-corrected chi connectivity index (χ1v) is 62.2. The van der Waals surface area contributed by atoms with E-state index < -0.39 is 50.8 Å². The number of hydrogen-bond donors (Lipinski definition) is 9. The molecule has 9 N–H and O–H groups in total. The summed E-state index contributed by atoms with van der Waals surface area (Å²) in [6, 6.07) is 49.1. The lowest BCUT2D eigenvalue weighted by molar-refractivity contribution is 0.0963. The van der Waals surface area contributed by atoms with Gasteiger partial charge in [0.2, 0.25) is 23.8 Å². The van der Waals surface area contributed by atoms with Crippen molar-refractivity contribution in [3.63, 3.8) is 0 Å². The van der Waals surface area contributed by atoms with Gasteiger partial charge in [0.1, 0.15) is 91.1 Å². The largest absolute Gasteiger partial charge is 0.495 e. The zero-order valence-corrected chi connectivity index (χ0v) is 91.9. The van der Waals surface area contributed by atoms with E-state index >= 15 is 0 Å². The Labute approximate surface area is 863 Å². The lowest BCUT2D eigenvalue weighted by atomic mass is 10.0. The fourth-order valence-corrected chi connectivity index (χ4v) is 24.4. The third-order valence-corrected chi connectivity index (χ3v) is 36.8. The summed E-state index contributed by atoms with van der Waals surface area (Å²) in [6.07, 6.45) is 16.4. The number of ether oxygens (including phenoxy) is 6. The lowest BCUT2D eigenvalue weighted by Gasteiger charge is -2.41. The number of para-hydroxylation sites is 3. The lowest BCUT2D eigenvalue weighted by Crippen LogP contribution is -2.48. The van der Waals surface area contributed by atoms with Gasteiger partial charge in [-0.1, -0.05) is 83.4 Å². The Kier molecular flexibility index (Phi) is 37.5. The Morgan fingerprint density at radius 1 is 0.476 bits per heavy atom. The summed E-state index contributed by atoms with van der Waals surface area (Å²) in [5.74, 6) is 6.16. The van der Waals surface area contributed by atoms with Crippen LogP contribution in [-0.2, 0) is 39.1 Å². The molecule has 12 aromatic rings. The van der Waals surface area contributed by atoms with E-state index in [0.717, 1.165) is 72.1 Å². The molecule has 1 aliphatic carbocycles. The molecule has 43 heteroatoms. The molecule has 4 aromatic heterocycles. The number of aromatic nitrogens is 8. The van der Waals surface area contributed by atoms with E-state index in [0.29, 0.717) is 161 Å². The van der Waals surface area contributed by atoms with Crippen molar-refractivity contribution in [1.29, 1.82) is 0 Å². The minimum atomic E-state index is -3.55. The van der Waals surface area contributed by atoms with Gasteiger partial charge in [-0.2, -0.15) is 19.9 Å². The van der Waals surface area contributed by atoms with Crippen molar-refractivity contribution in [2.75, 3.05) is 210 Å². The second-order valence-corrected chi connectivity index (χ2v) is 56.4. The first-order valence-electron chi connectivity index (χ1n) is 47.1. The number of anilines is 16. The molecular weight excluding hydrogens is 2020 g/mol. The highest BCUT2D eigenvalue weighted by atomic mass is 35.5. The topological polar surface area (TPSA) is 413 Å². The van der Waals surface area contributed by atoms with Crippen LogP contribution in [0.5, 0.6) is 34.5 Å². The zero-order valence-electron chi connectivity index (χ0n) is 84.4. The van der Waals surface area contributed by atoms with Crippen molar-refractivity contribution < 1.29 is 64.5 Å². The van der Waals surface area contributed by atoms with Crippen LogP contribution >= 0.6 is 70.5 Å². The summed E-state index contributed by atoms with van der Waals surface area (Å²) in [4.78, 5) is 55.5. The van der Waals surface area contributed by atoms with Gasteiger partial charge in [-0.3, -0.25) is 9.69 Å². The van der Waals surface area contributed by atoms with Crippen LogP contribution < -0.4 is 103 Å². The monoisotopic (exact) mass is 2150 g/mol. The number of halogens is 3. The molecular formula is C102H126Cl3N20O14P5S. The number of nitrogens with one attached hydrogen (secondary N) is 9. The molecule has 0 spiro atoms. The molecule has 8 aromatic carbocycles. The molecule has 770 valence electrons. The van der Waals surface area contributed by atoms with Crippen LogP contribution in [0.1, 0.15) is 67.6 Å². The highest BCUT2D eigenvalue weighted by Gasteiger charge is 2.36. The number of carbonyl (C=O) groups is 1. The average Bonchev–Trinajstić information content (AvgIpc) is 1.78. The summed E-state index contributed by atoms with van der Waals surface area (Å²) in [6.45, 7) is 25.1. The average molecular weight is 2150 g/mol. The van der Waals surface area contributed by atoms with Gasteiger partial charge in [-0.05, 0) is 254 Å². The molecule has 145 heavy (non-hydrogen) atoms. The SMILES string of the molecule is CNC(=O)c1ccccc1Nc1nc(Nc2ccc(P(C)(C)=O)cc2OC)nc2c1C=CC2.COc1cc(OCCCN2CCCC2)ccc1Nc1ncc(Cl)c(Nc2ccccc2P(C)(C)=O)n1.COc1cc(P(C)(C)=O)ccc1Nc1ncc(Cl)c(Nc2ccc(P(C)(C)=O)cc2OC)n1.COc1cc(P2(=O)CCN(C3CCN(C)CC3)CC2)ccc1Nc1ncc(Cl)c(Nc2ccccc2S(=O)(=O)C(C)C)n1. The Hall–Kier alpha value is -11.7. The Bertz CT molecular complexity index is 7060. The minimum absolute atomic E-state index is 0.165. The number of amides is 1. The third-order valence-electron chi connectivity index (χ3n) is 24.6. The van der Waals surface area contributed by atoms with Crippen LogP contribution in [0.3, 0.4) is 0 Å². The fourth-order valence-electron chi connectivity index (χ4n) is 16.4. The summed E-state index contributed by atoms with van der Waals surface area (Å²) < 4.78 is 123. The summed E-state index contributed by atoms with van der Waals surface area (Å²) in [5.41, 5.74) is 7.19. The van der Waals surface area contributed by atoms with Crippen LogP contribution in [-0.4, -0.2) is 248 Å². The molecule has 3 saturated heterocycles. The highest BCUT2D eigenvalue weighted by Crippen LogP contribution is 2.50. The van der Waals surface area contributed by atoms with E-state index in [1.54, 1.807) is 168 Å². The predicted molar refractivity (Wildman–Crippen MR) is 593 cm³/mol. The highest BCUT2D eigenvalue weighted by molar-refractivity contribution is 7.92. The molecule has 34 nitrogen and oxygen atoms in total. The first-order chi connectivity index (χ1) is 69.0. The van der Waals surface area contributed by atoms with Gasteiger partial charge < -0.3 is 109 Å². The number of piperidine rings is 1. The maximum Gasteiger partial charge on any atom is 0.253 e. The minimum Gasteiger partial charge on any atom is -0.495 e. The van der Waals surface area contributed by atoms with Gasteiger partial charge in [-0.25, -0.2) is 28.4 Å². The Morgan fingerprint density at radius 3 is 1.39 bits per heavy atom.